The molecule has 0 atom stereocenters. The minimum Gasteiger partial charge on any atom is -0.493 e. The highest BCUT2D eigenvalue weighted by Gasteiger charge is 2.51. The van der Waals surface area contributed by atoms with Crippen molar-refractivity contribution < 1.29 is 14.3 Å². The van der Waals surface area contributed by atoms with Gasteiger partial charge in [-0.05, 0) is 55.3 Å². The van der Waals surface area contributed by atoms with Gasteiger partial charge in [0, 0.05) is 6.42 Å². The number of rotatable bonds is 7. The second-order valence-corrected chi connectivity index (χ2v) is 7.60. The summed E-state index contributed by atoms with van der Waals surface area (Å²) in [6.45, 7) is 10.0. The van der Waals surface area contributed by atoms with E-state index in [0.29, 0.717) is 29.6 Å². The van der Waals surface area contributed by atoms with Crippen LogP contribution in [0.15, 0.2) is 53.9 Å². The topological polar surface area (TPSA) is 72.8 Å². The van der Waals surface area contributed by atoms with Gasteiger partial charge in [-0.25, -0.2) is 9.98 Å². The summed E-state index contributed by atoms with van der Waals surface area (Å²) in [6, 6.07) is 9.80. The Morgan fingerprint density at radius 3 is 2.80 bits per heavy atom. The maximum absolute atomic E-state index is 13.2. The Labute approximate surface area is 176 Å². The zero-order chi connectivity index (χ0) is 21.3. The average Bonchev–Trinajstić information content (AvgIpc) is 3.44. The number of aromatic nitrogens is 1. The summed E-state index contributed by atoms with van der Waals surface area (Å²) in [4.78, 5) is 21.8. The molecule has 0 radical (unpaired) electrons. The van der Waals surface area contributed by atoms with Crippen molar-refractivity contribution in [3.63, 3.8) is 0 Å². The number of fused-ring (bicyclic) bond motifs is 1. The lowest BCUT2D eigenvalue weighted by atomic mass is 9.92. The number of amides is 1. The largest absolute Gasteiger partial charge is 0.493 e. The fraction of sp³-hybridized carbons (Fsp3) is 0.292. The Hall–Kier alpha value is -3.41. The minimum absolute atomic E-state index is 0.0402. The first-order valence-electron chi connectivity index (χ1n) is 9.95. The van der Waals surface area contributed by atoms with E-state index in [9.17, 15) is 4.79 Å². The van der Waals surface area contributed by atoms with Gasteiger partial charge in [-0.15, -0.1) is 0 Å². The molecule has 30 heavy (non-hydrogen) atoms. The molecule has 1 saturated carbocycles. The third-order valence-electron chi connectivity index (χ3n) is 5.79. The number of aryl methyl sites for hydroxylation is 1. The summed E-state index contributed by atoms with van der Waals surface area (Å²) in [5.41, 5.74) is 3.91. The van der Waals surface area contributed by atoms with E-state index in [0.717, 1.165) is 36.1 Å². The molecule has 1 aliphatic carbocycles. The minimum atomic E-state index is -0.498. The zero-order valence-corrected chi connectivity index (χ0v) is 17.3. The summed E-state index contributed by atoms with van der Waals surface area (Å²) in [6.07, 6.45) is 4.16. The molecule has 2 aliphatic rings. The van der Waals surface area contributed by atoms with Crippen LogP contribution in [-0.4, -0.2) is 31.3 Å². The summed E-state index contributed by atoms with van der Waals surface area (Å²) >= 11 is 0. The Kier molecular flexibility index (Phi) is 5.16. The van der Waals surface area contributed by atoms with E-state index in [1.165, 1.54) is 12.7 Å². The van der Waals surface area contributed by atoms with Crippen molar-refractivity contribution in [1.82, 2.24) is 4.98 Å². The highest BCUT2D eigenvalue weighted by Crippen LogP contribution is 2.50. The number of anilines is 1. The molecule has 0 bridgehead atoms. The van der Waals surface area contributed by atoms with Crippen molar-refractivity contribution >= 4 is 24.0 Å². The molecule has 4 rings (SSSR count). The first-order valence-corrected chi connectivity index (χ1v) is 9.95. The fourth-order valence-electron chi connectivity index (χ4n) is 3.91. The van der Waals surface area contributed by atoms with E-state index in [2.05, 4.69) is 34.7 Å². The molecule has 0 saturated heterocycles. The summed E-state index contributed by atoms with van der Waals surface area (Å²) in [5.74, 6) is 1.70. The van der Waals surface area contributed by atoms with Crippen LogP contribution < -0.4 is 10.1 Å². The first-order chi connectivity index (χ1) is 14.5. The van der Waals surface area contributed by atoms with E-state index in [1.807, 2.05) is 25.1 Å². The van der Waals surface area contributed by atoms with Crippen molar-refractivity contribution in [3.05, 3.63) is 71.3 Å². The number of methoxy groups -OCH3 is 1. The third-order valence-corrected chi connectivity index (χ3v) is 5.79. The van der Waals surface area contributed by atoms with Gasteiger partial charge >= 0.3 is 0 Å². The lowest BCUT2D eigenvalue weighted by Crippen LogP contribution is -2.28. The molecule has 1 fully saturated rings. The van der Waals surface area contributed by atoms with Gasteiger partial charge in [0.1, 0.15) is 11.6 Å². The summed E-state index contributed by atoms with van der Waals surface area (Å²) < 4.78 is 10.9. The number of carbonyl (C=O) groups is 1. The molecule has 2 aromatic rings. The number of nitrogens with zero attached hydrogens (tertiary/aromatic N) is 2. The van der Waals surface area contributed by atoms with Gasteiger partial charge in [-0.1, -0.05) is 30.9 Å². The van der Waals surface area contributed by atoms with Crippen LogP contribution in [0.1, 0.15) is 35.2 Å². The first kappa shape index (κ1) is 19.9. The van der Waals surface area contributed by atoms with Crippen LogP contribution in [0.2, 0.25) is 0 Å². The predicted molar refractivity (Wildman–Crippen MR) is 118 cm³/mol. The molecular formula is C24H25N3O3. The molecule has 1 aromatic carbocycles. The number of pyridine rings is 1. The number of aliphatic imine (C=N–C) groups is 1. The normalized spacial score (nSPS) is 16.6. The van der Waals surface area contributed by atoms with Crippen molar-refractivity contribution in [3.8, 4) is 5.75 Å². The standard InChI is InChI=1S/C24H25N3O3/c1-5-18(22(25-3)29-4)21-15(2)6-9-20(26-21)27-23(28)24(11-12-24)17-7-8-19-16(14-17)10-13-30-19/h5-9,14H,1,3,10-13H2,2,4H3,(H,26,27,28)/b22-18-. The number of allylic oxidation sites excluding steroid dienone is 2. The number of nitrogens with one attached hydrogen (secondary N) is 1. The summed E-state index contributed by atoms with van der Waals surface area (Å²) in [5, 5.41) is 3.01. The lowest BCUT2D eigenvalue weighted by Gasteiger charge is -2.17. The quantitative estimate of drug-likeness (QED) is 0.427. The smallest absolute Gasteiger partial charge is 0.236 e. The molecular weight excluding hydrogens is 378 g/mol. The van der Waals surface area contributed by atoms with Crippen molar-refractivity contribution in [1.29, 1.82) is 0 Å². The number of carbonyl (C=O) groups excluding carboxylic acids is 1. The number of benzene rings is 1. The molecule has 154 valence electrons. The van der Waals surface area contributed by atoms with Crippen LogP contribution in [0, 0.1) is 6.92 Å². The van der Waals surface area contributed by atoms with Crippen LogP contribution in [0.3, 0.4) is 0 Å². The Morgan fingerprint density at radius 1 is 1.33 bits per heavy atom. The second-order valence-electron chi connectivity index (χ2n) is 7.60. The van der Waals surface area contributed by atoms with Crippen molar-refractivity contribution in [2.75, 3.05) is 19.0 Å². The van der Waals surface area contributed by atoms with Gasteiger partial charge in [0.05, 0.1) is 30.4 Å². The highest BCUT2D eigenvalue weighted by atomic mass is 16.5. The molecule has 6 heteroatoms. The molecule has 0 unspecified atom stereocenters. The molecule has 1 aromatic heterocycles. The van der Waals surface area contributed by atoms with Crippen LogP contribution in [0.4, 0.5) is 5.82 Å². The van der Waals surface area contributed by atoms with Crippen LogP contribution in [0.25, 0.3) is 5.57 Å². The van der Waals surface area contributed by atoms with Crippen LogP contribution in [0.5, 0.6) is 5.75 Å². The fourth-order valence-corrected chi connectivity index (χ4v) is 3.91. The lowest BCUT2D eigenvalue weighted by molar-refractivity contribution is -0.118. The maximum atomic E-state index is 13.2. The average molecular weight is 403 g/mol. The van der Waals surface area contributed by atoms with Crippen LogP contribution >= 0.6 is 0 Å². The van der Waals surface area contributed by atoms with Gasteiger partial charge < -0.3 is 14.8 Å². The number of ether oxygens (including phenoxy) is 2. The van der Waals surface area contributed by atoms with Crippen LogP contribution in [-0.2, 0) is 21.4 Å². The Morgan fingerprint density at radius 2 is 2.13 bits per heavy atom. The summed E-state index contributed by atoms with van der Waals surface area (Å²) in [7, 11) is 1.52. The maximum Gasteiger partial charge on any atom is 0.236 e. The van der Waals surface area contributed by atoms with E-state index >= 15 is 0 Å². The molecule has 1 N–H and O–H groups in total. The molecule has 1 amide bonds. The van der Waals surface area contributed by atoms with Crippen molar-refractivity contribution in [2.45, 2.75) is 31.6 Å². The SMILES string of the molecule is C=C/C(=C(\N=C)OC)c1nc(NC(=O)C2(c3ccc4c(c3)CCO4)CC2)ccc1C. The third kappa shape index (κ3) is 3.38. The molecule has 2 heterocycles. The Bertz CT molecular complexity index is 1070. The number of hydrogen-bond acceptors (Lipinski definition) is 5. The van der Waals surface area contributed by atoms with Crippen molar-refractivity contribution in [2.24, 2.45) is 4.99 Å². The Balaban J connectivity index is 1.62. The monoisotopic (exact) mass is 403 g/mol. The molecule has 1 aliphatic heterocycles. The van der Waals surface area contributed by atoms with E-state index in [4.69, 9.17) is 9.47 Å². The van der Waals surface area contributed by atoms with E-state index in [1.54, 1.807) is 12.1 Å². The number of hydrogen-bond donors (Lipinski definition) is 1. The zero-order valence-electron chi connectivity index (χ0n) is 17.3. The van der Waals surface area contributed by atoms with Gasteiger partial charge in [0.15, 0.2) is 0 Å². The predicted octanol–water partition coefficient (Wildman–Crippen LogP) is 4.20. The van der Waals surface area contributed by atoms with E-state index in [-0.39, 0.29) is 5.91 Å². The second kappa shape index (κ2) is 7.78. The van der Waals surface area contributed by atoms with Gasteiger partial charge in [0.2, 0.25) is 11.8 Å². The highest BCUT2D eigenvalue weighted by molar-refractivity contribution is 6.01. The van der Waals surface area contributed by atoms with Gasteiger partial charge in [0.25, 0.3) is 0 Å². The molecule has 6 nitrogen and oxygen atoms in total. The molecule has 0 spiro atoms. The van der Waals surface area contributed by atoms with Gasteiger partial charge in [-0.2, -0.15) is 0 Å². The van der Waals surface area contributed by atoms with Gasteiger partial charge in [-0.3, -0.25) is 4.79 Å². The van der Waals surface area contributed by atoms with E-state index < -0.39 is 5.41 Å².